The zero-order valence-corrected chi connectivity index (χ0v) is 9.63. The number of thiazole rings is 1. The first-order valence-electron chi connectivity index (χ1n) is 5.08. The normalized spacial score (nSPS) is 15.4. The second kappa shape index (κ2) is 4.18. The zero-order chi connectivity index (χ0) is 10.8. The predicted octanol–water partition coefficient (Wildman–Crippen LogP) is 2.98. The number of ether oxygens (including phenoxy) is 1. The van der Waals surface area contributed by atoms with Crippen LogP contribution < -0.4 is 5.32 Å². The van der Waals surface area contributed by atoms with E-state index in [1.807, 2.05) is 19.2 Å². The van der Waals surface area contributed by atoms with E-state index in [4.69, 9.17) is 4.74 Å². The third kappa shape index (κ3) is 2.92. The van der Waals surface area contributed by atoms with Gasteiger partial charge in [-0.15, -0.1) is 11.3 Å². The highest BCUT2D eigenvalue weighted by atomic mass is 32.1. The summed E-state index contributed by atoms with van der Waals surface area (Å²) in [4.78, 5) is 15.6. The molecule has 0 unspecified atom stereocenters. The van der Waals surface area contributed by atoms with Crippen LogP contribution in [0.2, 0.25) is 0 Å². The number of rotatable bonds is 3. The number of hydrogen-bond acceptors (Lipinski definition) is 4. The summed E-state index contributed by atoms with van der Waals surface area (Å²) in [6, 6.07) is 0. The minimum absolute atomic E-state index is 0.104. The summed E-state index contributed by atoms with van der Waals surface area (Å²) >= 11 is 1.45. The molecule has 1 N–H and O–H groups in total. The number of hydrogen-bond donors (Lipinski definition) is 1. The highest BCUT2D eigenvalue weighted by molar-refractivity contribution is 7.13. The Morgan fingerprint density at radius 3 is 3.00 bits per heavy atom. The Hall–Kier alpha value is -1.10. The van der Waals surface area contributed by atoms with Crippen LogP contribution >= 0.6 is 11.3 Å². The first-order valence-corrected chi connectivity index (χ1v) is 5.96. The highest BCUT2D eigenvalue weighted by Crippen LogP contribution is 2.40. The van der Waals surface area contributed by atoms with E-state index in [0.29, 0.717) is 11.0 Å². The molecule has 1 aliphatic rings. The van der Waals surface area contributed by atoms with Crippen LogP contribution in [0.5, 0.6) is 0 Å². The number of nitrogens with one attached hydrogen (secondary N) is 1. The first-order chi connectivity index (χ1) is 7.15. The summed E-state index contributed by atoms with van der Waals surface area (Å²) in [5.41, 5.74) is 1.10. The second-order valence-corrected chi connectivity index (χ2v) is 4.79. The lowest BCUT2D eigenvalue weighted by atomic mass is 10.3. The Labute approximate surface area is 92.7 Å². The molecule has 1 amide bonds. The Kier molecular flexibility index (Phi) is 2.90. The van der Waals surface area contributed by atoms with Crippen LogP contribution in [0.4, 0.5) is 9.93 Å². The van der Waals surface area contributed by atoms with Crippen LogP contribution in [0.15, 0.2) is 5.38 Å². The van der Waals surface area contributed by atoms with Gasteiger partial charge in [0.15, 0.2) is 5.13 Å². The van der Waals surface area contributed by atoms with Crippen LogP contribution in [0, 0.1) is 0 Å². The molecule has 0 saturated heterocycles. The van der Waals surface area contributed by atoms with Gasteiger partial charge in [0, 0.05) is 11.3 Å². The quantitative estimate of drug-likeness (QED) is 0.862. The van der Waals surface area contributed by atoms with E-state index in [0.717, 1.165) is 5.69 Å². The molecule has 1 aliphatic carbocycles. The van der Waals surface area contributed by atoms with Crippen molar-refractivity contribution in [1.82, 2.24) is 4.98 Å². The minimum atomic E-state index is -0.429. The molecule has 5 heteroatoms. The third-order valence-electron chi connectivity index (χ3n) is 2.07. The Morgan fingerprint density at radius 2 is 2.40 bits per heavy atom. The maximum atomic E-state index is 11.3. The van der Waals surface area contributed by atoms with Gasteiger partial charge in [-0.05, 0) is 26.7 Å². The van der Waals surface area contributed by atoms with Gasteiger partial charge in [-0.2, -0.15) is 0 Å². The number of carbonyl (C=O) groups is 1. The summed E-state index contributed by atoms with van der Waals surface area (Å²) in [5.74, 6) is 0.623. The molecule has 82 valence electrons. The molecule has 0 atom stereocenters. The average molecular weight is 226 g/mol. The number of nitrogens with zero attached hydrogens (tertiary/aromatic N) is 1. The zero-order valence-electron chi connectivity index (χ0n) is 8.82. The molecule has 1 saturated carbocycles. The molecule has 0 radical (unpaired) electrons. The van der Waals surface area contributed by atoms with E-state index >= 15 is 0 Å². The maximum absolute atomic E-state index is 11.3. The molecule has 0 aliphatic heterocycles. The van der Waals surface area contributed by atoms with Crippen molar-refractivity contribution in [2.24, 2.45) is 0 Å². The first kappa shape index (κ1) is 10.4. The number of carbonyl (C=O) groups excluding carboxylic acids is 1. The fourth-order valence-electron chi connectivity index (χ4n) is 1.24. The van der Waals surface area contributed by atoms with Crippen LogP contribution in [-0.2, 0) is 4.74 Å². The van der Waals surface area contributed by atoms with Gasteiger partial charge in [-0.25, -0.2) is 9.78 Å². The molecule has 2 rings (SSSR count). The van der Waals surface area contributed by atoms with Gasteiger partial charge in [0.2, 0.25) is 0 Å². The van der Waals surface area contributed by atoms with Gasteiger partial charge in [-0.1, -0.05) is 0 Å². The Bertz CT molecular complexity index is 358. The molecule has 0 bridgehead atoms. The van der Waals surface area contributed by atoms with Gasteiger partial charge >= 0.3 is 6.09 Å². The van der Waals surface area contributed by atoms with Crippen molar-refractivity contribution >= 4 is 22.6 Å². The molecule has 0 aromatic carbocycles. The molecular formula is C10H14N2O2S. The van der Waals surface area contributed by atoms with Crippen molar-refractivity contribution < 1.29 is 9.53 Å². The molecule has 0 spiro atoms. The Balaban J connectivity index is 1.89. The summed E-state index contributed by atoms with van der Waals surface area (Å²) < 4.78 is 4.96. The van der Waals surface area contributed by atoms with E-state index < -0.39 is 6.09 Å². The van der Waals surface area contributed by atoms with E-state index in [1.54, 1.807) is 0 Å². The predicted molar refractivity (Wildman–Crippen MR) is 59.3 cm³/mol. The van der Waals surface area contributed by atoms with Crippen molar-refractivity contribution in [1.29, 1.82) is 0 Å². The van der Waals surface area contributed by atoms with Gasteiger partial charge in [0.25, 0.3) is 0 Å². The van der Waals surface area contributed by atoms with Crippen molar-refractivity contribution in [2.45, 2.75) is 38.7 Å². The monoisotopic (exact) mass is 226 g/mol. The van der Waals surface area contributed by atoms with Crippen molar-refractivity contribution in [3.63, 3.8) is 0 Å². The lowest BCUT2D eigenvalue weighted by Crippen LogP contribution is -2.17. The fraction of sp³-hybridized carbons (Fsp3) is 0.600. The average Bonchev–Trinajstić information content (AvgIpc) is 2.87. The van der Waals surface area contributed by atoms with E-state index in [1.165, 1.54) is 24.2 Å². The standard InChI is InChI=1S/C10H14N2O2S/c1-6(2)14-10(13)12-9-11-8(5-15-9)7-3-4-7/h5-7H,3-4H2,1-2H3,(H,11,12,13). The lowest BCUT2D eigenvalue weighted by Gasteiger charge is -2.06. The fourth-order valence-corrected chi connectivity index (χ4v) is 2.02. The highest BCUT2D eigenvalue weighted by Gasteiger charge is 2.26. The minimum Gasteiger partial charge on any atom is -0.447 e. The lowest BCUT2D eigenvalue weighted by molar-refractivity contribution is 0.130. The van der Waals surface area contributed by atoms with Gasteiger partial charge < -0.3 is 4.74 Å². The van der Waals surface area contributed by atoms with Gasteiger partial charge in [0.1, 0.15) is 0 Å². The largest absolute Gasteiger partial charge is 0.447 e. The van der Waals surface area contributed by atoms with E-state index in [-0.39, 0.29) is 6.10 Å². The van der Waals surface area contributed by atoms with Crippen molar-refractivity contribution in [2.75, 3.05) is 5.32 Å². The SMILES string of the molecule is CC(C)OC(=O)Nc1nc(C2CC2)cs1. The smallest absolute Gasteiger partial charge is 0.413 e. The van der Waals surface area contributed by atoms with E-state index in [2.05, 4.69) is 10.3 Å². The molecule has 15 heavy (non-hydrogen) atoms. The number of aromatic nitrogens is 1. The second-order valence-electron chi connectivity index (χ2n) is 3.93. The molecular weight excluding hydrogens is 212 g/mol. The number of anilines is 1. The molecule has 1 aromatic heterocycles. The van der Waals surface area contributed by atoms with Crippen molar-refractivity contribution in [3.8, 4) is 0 Å². The summed E-state index contributed by atoms with van der Waals surface area (Å²) in [7, 11) is 0. The van der Waals surface area contributed by atoms with Gasteiger partial charge in [-0.3, -0.25) is 5.32 Å². The van der Waals surface area contributed by atoms with Crippen LogP contribution in [0.3, 0.4) is 0 Å². The summed E-state index contributed by atoms with van der Waals surface area (Å²) in [6.07, 6.45) is 1.91. The molecule has 4 nitrogen and oxygen atoms in total. The van der Waals surface area contributed by atoms with Crippen LogP contribution in [0.25, 0.3) is 0 Å². The van der Waals surface area contributed by atoms with E-state index in [9.17, 15) is 4.79 Å². The van der Waals surface area contributed by atoms with Crippen LogP contribution in [0.1, 0.15) is 38.3 Å². The van der Waals surface area contributed by atoms with Crippen LogP contribution in [-0.4, -0.2) is 17.2 Å². The van der Waals surface area contributed by atoms with Gasteiger partial charge in [0.05, 0.1) is 11.8 Å². The molecule has 1 aromatic rings. The summed E-state index contributed by atoms with van der Waals surface area (Å²) in [5, 5.41) is 5.25. The van der Waals surface area contributed by atoms with Crippen molar-refractivity contribution in [3.05, 3.63) is 11.1 Å². The third-order valence-corrected chi connectivity index (χ3v) is 2.85. The molecule has 1 fully saturated rings. The number of amides is 1. The summed E-state index contributed by atoms with van der Waals surface area (Å²) in [6.45, 7) is 3.63. The maximum Gasteiger partial charge on any atom is 0.413 e. The Morgan fingerprint density at radius 1 is 1.67 bits per heavy atom. The topological polar surface area (TPSA) is 51.2 Å². The molecule has 1 heterocycles.